The highest BCUT2D eigenvalue weighted by atomic mass is 35.5. The van der Waals surface area contributed by atoms with Crippen LogP contribution in [0.5, 0.6) is 0 Å². The number of rotatable bonds is 6. The van der Waals surface area contributed by atoms with Crippen LogP contribution in [0.2, 0.25) is 0 Å². The minimum absolute atomic E-state index is 0. The van der Waals surface area contributed by atoms with Crippen molar-refractivity contribution in [3.8, 4) is 0 Å². The van der Waals surface area contributed by atoms with Gasteiger partial charge in [0, 0.05) is 20.3 Å². The first-order chi connectivity index (χ1) is 8.26. The van der Waals surface area contributed by atoms with Gasteiger partial charge in [-0.25, -0.2) is 0 Å². The number of halogens is 1. The SMILES string of the molecule is COCCC1(CNC(=O)[C@@H]2CCCCN2)CC1.Cl. The number of hydrogen-bond acceptors (Lipinski definition) is 3. The predicted molar refractivity (Wildman–Crippen MR) is 74.1 cm³/mol. The highest BCUT2D eigenvalue weighted by Crippen LogP contribution is 2.48. The standard InChI is InChI=1S/C13H24N2O2.ClH/c1-17-9-7-13(5-6-13)10-15-12(16)11-4-2-3-8-14-11;/h11,14H,2-10H2,1H3,(H,15,16);1H/t11-;/m0./s1. The molecule has 2 rings (SSSR count). The lowest BCUT2D eigenvalue weighted by atomic mass is 10.0. The fourth-order valence-corrected chi connectivity index (χ4v) is 2.48. The summed E-state index contributed by atoms with van der Waals surface area (Å²) in [6.07, 6.45) is 6.88. The molecular formula is C13H25ClN2O2. The number of amides is 1. The van der Waals surface area contributed by atoms with E-state index in [1.807, 2.05) is 0 Å². The van der Waals surface area contributed by atoms with Gasteiger partial charge >= 0.3 is 0 Å². The van der Waals surface area contributed by atoms with Crippen LogP contribution in [0.4, 0.5) is 0 Å². The maximum absolute atomic E-state index is 11.9. The Morgan fingerprint density at radius 3 is 2.78 bits per heavy atom. The zero-order valence-electron chi connectivity index (χ0n) is 11.2. The molecule has 1 aliphatic heterocycles. The Morgan fingerprint density at radius 2 is 2.22 bits per heavy atom. The highest BCUT2D eigenvalue weighted by molar-refractivity contribution is 5.85. The van der Waals surface area contributed by atoms with E-state index < -0.39 is 0 Å². The topological polar surface area (TPSA) is 50.4 Å². The molecule has 2 fully saturated rings. The molecule has 106 valence electrons. The van der Waals surface area contributed by atoms with Gasteiger partial charge < -0.3 is 15.4 Å². The maximum Gasteiger partial charge on any atom is 0.237 e. The van der Waals surface area contributed by atoms with E-state index in [0.717, 1.165) is 32.5 Å². The molecule has 1 aliphatic carbocycles. The summed E-state index contributed by atoms with van der Waals surface area (Å²) in [6.45, 7) is 2.61. The minimum Gasteiger partial charge on any atom is -0.385 e. The van der Waals surface area contributed by atoms with Crippen LogP contribution in [0.3, 0.4) is 0 Å². The summed E-state index contributed by atoms with van der Waals surface area (Å²) in [5, 5.41) is 6.39. The Labute approximate surface area is 116 Å². The van der Waals surface area contributed by atoms with Crippen molar-refractivity contribution in [2.45, 2.75) is 44.6 Å². The lowest BCUT2D eigenvalue weighted by molar-refractivity contribution is -0.124. The molecule has 1 amide bonds. The van der Waals surface area contributed by atoms with Gasteiger partial charge in [0.15, 0.2) is 0 Å². The van der Waals surface area contributed by atoms with Gasteiger partial charge in [-0.05, 0) is 44.1 Å². The summed E-state index contributed by atoms with van der Waals surface area (Å²) in [7, 11) is 1.74. The maximum atomic E-state index is 11.9. The molecule has 5 heteroatoms. The van der Waals surface area contributed by atoms with E-state index in [4.69, 9.17) is 4.74 Å². The lowest BCUT2D eigenvalue weighted by Crippen LogP contribution is -2.47. The third-order valence-corrected chi connectivity index (χ3v) is 4.06. The van der Waals surface area contributed by atoms with Gasteiger partial charge in [-0.3, -0.25) is 4.79 Å². The fraction of sp³-hybridized carbons (Fsp3) is 0.923. The first-order valence-corrected chi connectivity index (χ1v) is 6.76. The molecular weight excluding hydrogens is 252 g/mol. The monoisotopic (exact) mass is 276 g/mol. The van der Waals surface area contributed by atoms with Gasteiger partial charge in [0.05, 0.1) is 6.04 Å². The number of nitrogens with one attached hydrogen (secondary N) is 2. The Bertz CT molecular complexity index is 264. The normalized spacial score (nSPS) is 25.1. The second-order valence-corrected chi connectivity index (χ2v) is 5.46. The quantitative estimate of drug-likeness (QED) is 0.773. The number of carbonyl (C=O) groups excluding carboxylic acids is 1. The molecule has 0 unspecified atom stereocenters. The van der Waals surface area contributed by atoms with Crippen molar-refractivity contribution in [1.29, 1.82) is 0 Å². The lowest BCUT2D eigenvalue weighted by Gasteiger charge is -2.24. The number of ether oxygens (including phenoxy) is 1. The Balaban J connectivity index is 0.00000162. The van der Waals surface area contributed by atoms with Gasteiger partial charge in [-0.1, -0.05) is 6.42 Å². The van der Waals surface area contributed by atoms with Crippen molar-refractivity contribution in [1.82, 2.24) is 10.6 Å². The van der Waals surface area contributed by atoms with Crippen LogP contribution in [0, 0.1) is 5.41 Å². The molecule has 1 saturated carbocycles. The molecule has 0 spiro atoms. The number of piperidine rings is 1. The third-order valence-electron chi connectivity index (χ3n) is 4.06. The average Bonchev–Trinajstić information content (AvgIpc) is 3.15. The van der Waals surface area contributed by atoms with E-state index in [9.17, 15) is 4.79 Å². The Kier molecular flexibility index (Phi) is 6.39. The van der Waals surface area contributed by atoms with Crippen molar-refractivity contribution in [3.05, 3.63) is 0 Å². The fourth-order valence-electron chi connectivity index (χ4n) is 2.48. The molecule has 0 aromatic rings. The number of carbonyl (C=O) groups is 1. The number of methoxy groups -OCH3 is 1. The summed E-state index contributed by atoms with van der Waals surface area (Å²) < 4.78 is 5.12. The van der Waals surface area contributed by atoms with Crippen molar-refractivity contribution in [2.24, 2.45) is 5.41 Å². The van der Waals surface area contributed by atoms with E-state index in [0.29, 0.717) is 5.41 Å². The van der Waals surface area contributed by atoms with E-state index >= 15 is 0 Å². The largest absolute Gasteiger partial charge is 0.385 e. The molecule has 0 radical (unpaired) electrons. The van der Waals surface area contributed by atoms with Crippen LogP contribution < -0.4 is 10.6 Å². The summed E-state index contributed by atoms with van der Waals surface area (Å²) in [5.74, 6) is 0.188. The highest BCUT2D eigenvalue weighted by Gasteiger charge is 2.42. The second-order valence-electron chi connectivity index (χ2n) is 5.46. The van der Waals surface area contributed by atoms with Crippen molar-refractivity contribution in [2.75, 3.05) is 26.8 Å². The number of hydrogen-bond donors (Lipinski definition) is 2. The second kappa shape index (κ2) is 7.31. The molecule has 2 aliphatic rings. The average molecular weight is 277 g/mol. The molecule has 0 bridgehead atoms. The summed E-state index contributed by atoms with van der Waals surface area (Å²) in [6, 6.07) is 0.0435. The van der Waals surface area contributed by atoms with Gasteiger partial charge in [0.25, 0.3) is 0 Å². The van der Waals surface area contributed by atoms with Gasteiger partial charge in [-0.2, -0.15) is 0 Å². The molecule has 1 saturated heterocycles. The smallest absolute Gasteiger partial charge is 0.237 e. The first kappa shape index (κ1) is 15.7. The van der Waals surface area contributed by atoms with Crippen LogP contribution in [-0.4, -0.2) is 38.8 Å². The van der Waals surface area contributed by atoms with E-state index in [2.05, 4.69) is 10.6 Å². The molecule has 4 nitrogen and oxygen atoms in total. The van der Waals surface area contributed by atoms with Crippen molar-refractivity contribution in [3.63, 3.8) is 0 Å². The van der Waals surface area contributed by atoms with Crippen LogP contribution >= 0.6 is 12.4 Å². The summed E-state index contributed by atoms with van der Waals surface area (Å²) >= 11 is 0. The molecule has 2 N–H and O–H groups in total. The van der Waals surface area contributed by atoms with Crippen LogP contribution in [-0.2, 0) is 9.53 Å². The summed E-state index contributed by atoms with van der Waals surface area (Å²) in [5.41, 5.74) is 0.348. The van der Waals surface area contributed by atoms with Crippen LogP contribution in [0.15, 0.2) is 0 Å². The molecule has 0 aromatic carbocycles. The molecule has 1 heterocycles. The Morgan fingerprint density at radius 1 is 1.44 bits per heavy atom. The third kappa shape index (κ3) is 4.41. The van der Waals surface area contributed by atoms with Crippen molar-refractivity contribution < 1.29 is 9.53 Å². The molecule has 0 aromatic heterocycles. The van der Waals surface area contributed by atoms with Crippen LogP contribution in [0.25, 0.3) is 0 Å². The van der Waals surface area contributed by atoms with E-state index in [-0.39, 0.29) is 24.4 Å². The molecule has 18 heavy (non-hydrogen) atoms. The first-order valence-electron chi connectivity index (χ1n) is 6.76. The van der Waals surface area contributed by atoms with Crippen molar-refractivity contribution >= 4 is 18.3 Å². The van der Waals surface area contributed by atoms with Crippen LogP contribution in [0.1, 0.15) is 38.5 Å². The van der Waals surface area contributed by atoms with Gasteiger partial charge in [-0.15, -0.1) is 12.4 Å². The zero-order chi connectivity index (χ0) is 12.1. The molecule has 1 atom stereocenters. The Hall–Kier alpha value is -0.320. The van der Waals surface area contributed by atoms with E-state index in [1.54, 1.807) is 7.11 Å². The van der Waals surface area contributed by atoms with E-state index in [1.165, 1.54) is 25.7 Å². The van der Waals surface area contributed by atoms with Gasteiger partial charge in [0.2, 0.25) is 5.91 Å². The minimum atomic E-state index is 0. The predicted octanol–water partition coefficient (Wildman–Crippen LogP) is 1.48. The van der Waals surface area contributed by atoms with Gasteiger partial charge in [0.1, 0.15) is 0 Å². The zero-order valence-corrected chi connectivity index (χ0v) is 12.0. The summed E-state index contributed by atoms with van der Waals surface area (Å²) in [4.78, 5) is 11.9.